The number of amides is 2. The van der Waals surface area contributed by atoms with E-state index in [9.17, 15) is 9.59 Å². The number of urea groups is 1. The maximum absolute atomic E-state index is 12.0. The summed E-state index contributed by atoms with van der Waals surface area (Å²) in [5.41, 5.74) is 1.89. The fourth-order valence-electron chi connectivity index (χ4n) is 2.84. The second-order valence-electron chi connectivity index (χ2n) is 6.46. The first-order valence-corrected chi connectivity index (χ1v) is 10.8. The second kappa shape index (κ2) is 11.0. The summed E-state index contributed by atoms with van der Waals surface area (Å²) in [6.45, 7) is 2.29. The van der Waals surface area contributed by atoms with Gasteiger partial charge in [-0.05, 0) is 61.0 Å². The highest BCUT2D eigenvalue weighted by molar-refractivity contribution is 7.99. The summed E-state index contributed by atoms with van der Waals surface area (Å²) >= 11 is 2.85. The number of hydrogen-bond donors (Lipinski definition) is 3. The van der Waals surface area contributed by atoms with Crippen LogP contribution in [0.15, 0.2) is 59.5 Å². The minimum atomic E-state index is -0.565. The van der Waals surface area contributed by atoms with E-state index in [4.69, 9.17) is 0 Å². The molecule has 0 spiro atoms. The van der Waals surface area contributed by atoms with Gasteiger partial charge < -0.3 is 14.8 Å². The monoisotopic (exact) mass is 416 g/mol. The predicted octanol–water partition coefficient (Wildman–Crippen LogP) is 3.87. The summed E-state index contributed by atoms with van der Waals surface area (Å²) in [6, 6.07) is 16.7. The van der Waals surface area contributed by atoms with Crippen molar-refractivity contribution in [2.45, 2.75) is 30.2 Å². The average molecular weight is 417 g/mol. The van der Waals surface area contributed by atoms with Gasteiger partial charge in [-0.1, -0.05) is 30.3 Å². The Kier molecular flexibility index (Phi) is 8.07. The largest absolute Gasteiger partial charge is 0.328 e. The van der Waals surface area contributed by atoms with Crippen LogP contribution in [-0.4, -0.2) is 35.8 Å². The van der Waals surface area contributed by atoms with Crippen molar-refractivity contribution in [1.82, 2.24) is 14.3 Å². The van der Waals surface area contributed by atoms with Gasteiger partial charge in [-0.3, -0.25) is 4.72 Å². The Hall–Kier alpha value is -2.16. The number of anilines is 1. The molecule has 0 aromatic heterocycles. The lowest BCUT2D eigenvalue weighted by atomic mass is 10.1. The summed E-state index contributed by atoms with van der Waals surface area (Å²) < 4.78 is 8.09. The van der Waals surface area contributed by atoms with E-state index in [1.807, 2.05) is 42.5 Å². The zero-order valence-electron chi connectivity index (χ0n) is 15.5. The number of carbonyl (C=O) groups is 2. The molecule has 1 atom stereocenters. The molecule has 2 aromatic rings. The highest BCUT2D eigenvalue weighted by Gasteiger charge is 2.13. The summed E-state index contributed by atoms with van der Waals surface area (Å²) in [4.78, 5) is 24.4. The lowest BCUT2D eigenvalue weighted by molar-refractivity contribution is -0.109. The molecule has 3 N–H and O–H groups in total. The Labute approximate surface area is 174 Å². The van der Waals surface area contributed by atoms with Crippen LogP contribution in [0.2, 0.25) is 0 Å². The van der Waals surface area contributed by atoms with Gasteiger partial charge in [-0.15, -0.1) is 0 Å². The summed E-state index contributed by atoms with van der Waals surface area (Å²) in [5.74, 6) is 0. The minimum absolute atomic E-state index is 0.410. The molecule has 0 bridgehead atoms. The third kappa shape index (κ3) is 6.78. The third-order valence-electron chi connectivity index (χ3n) is 4.25. The number of benzene rings is 2. The van der Waals surface area contributed by atoms with Crippen LogP contribution in [0.4, 0.5) is 10.5 Å². The standard InChI is InChI=1S/C20H24N4O2S2/c25-15-18(14-16-6-2-1-3-7-16)21-20(26)23-28-22-17-8-10-19(11-9-17)27-24-12-4-5-13-24/h1-3,6-11,15,18,22H,4-5,12-14H2,(H2,21,23,26). The smallest absolute Gasteiger partial charge is 0.326 e. The molecule has 2 amide bonds. The van der Waals surface area contributed by atoms with Crippen LogP contribution in [0.3, 0.4) is 0 Å². The van der Waals surface area contributed by atoms with Gasteiger partial charge in [0.1, 0.15) is 6.29 Å². The highest BCUT2D eigenvalue weighted by atomic mass is 32.2. The molecule has 6 nitrogen and oxygen atoms in total. The Bertz CT molecular complexity index is 753. The van der Waals surface area contributed by atoms with Crippen LogP contribution in [-0.2, 0) is 11.2 Å². The Morgan fingerprint density at radius 2 is 1.79 bits per heavy atom. The van der Waals surface area contributed by atoms with Crippen molar-refractivity contribution in [2.75, 3.05) is 17.8 Å². The predicted molar refractivity (Wildman–Crippen MR) is 116 cm³/mol. The Balaban J connectivity index is 1.37. The fraction of sp³-hybridized carbons (Fsp3) is 0.300. The SMILES string of the molecule is O=CC(Cc1ccccc1)NC(=O)NSNc1ccc(SN2CCCC2)cc1. The van der Waals surface area contributed by atoms with Gasteiger partial charge in [0.2, 0.25) is 0 Å². The average Bonchev–Trinajstić information content (AvgIpc) is 3.22. The van der Waals surface area contributed by atoms with Crippen molar-refractivity contribution in [3.05, 3.63) is 60.2 Å². The van der Waals surface area contributed by atoms with Crippen LogP contribution in [0.5, 0.6) is 0 Å². The first-order chi connectivity index (χ1) is 13.7. The lowest BCUT2D eigenvalue weighted by Gasteiger charge is -2.14. The first-order valence-electron chi connectivity index (χ1n) is 9.23. The first kappa shape index (κ1) is 20.6. The number of aldehydes is 1. The van der Waals surface area contributed by atoms with Crippen molar-refractivity contribution in [1.29, 1.82) is 0 Å². The maximum atomic E-state index is 12.0. The molecule has 2 aromatic carbocycles. The van der Waals surface area contributed by atoms with E-state index in [-0.39, 0.29) is 0 Å². The Morgan fingerprint density at radius 3 is 2.46 bits per heavy atom. The van der Waals surface area contributed by atoms with E-state index in [1.165, 1.54) is 17.7 Å². The van der Waals surface area contributed by atoms with Gasteiger partial charge in [0, 0.05) is 23.7 Å². The molecule has 1 aliphatic rings. The Morgan fingerprint density at radius 1 is 1.07 bits per heavy atom. The van der Waals surface area contributed by atoms with Crippen LogP contribution in [0.25, 0.3) is 0 Å². The second-order valence-corrected chi connectivity index (χ2v) is 8.25. The molecule has 28 heavy (non-hydrogen) atoms. The fourth-order valence-corrected chi connectivity index (χ4v) is 4.30. The van der Waals surface area contributed by atoms with Gasteiger partial charge in [-0.2, -0.15) is 0 Å². The van der Waals surface area contributed by atoms with Crippen molar-refractivity contribution >= 4 is 42.1 Å². The van der Waals surface area contributed by atoms with E-state index in [1.54, 1.807) is 11.9 Å². The molecule has 3 rings (SSSR count). The summed E-state index contributed by atoms with van der Waals surface area (Å²) in [7, 11) is 0. The molecular formula is C20H24N4O2S2. The number of nitrogens with zero attached hydrogens (tertiary/aromatic N) is 1. The van der Waals surface area contributed by atoms with Gasteiger partial charge >= 0.3 is 6.03 Å². The van der Waals surface area contributed by atoms with Crippen molar-refractivity contribution in [2.24, 2.45) is 0 Å². The molecule has 1 aliphatic heterocycles. The number of nitrogens with one attached hydrogen (secondary N) is 3. The molecule has 1 unspecified atom stereocenters. The number of carbonyl (C=O) groups excluding carboxylic acids is 2. The van der Waals surface area contributed by atoms with Crippen molar-refractivity contribution < 1.29 is 9.59 Å². The van der Waals surface area contributed by atoms with E-state index < -0.39 is 12.1 Å². The maximum Gasteiger partial charge on any atom is 0.326 e. The molecular weight excluding hydrogens is 392 g/mol. The molecule has 0 saturated carbocycles. The highest BCUT2D eigenvalue weighted by Crippen LogP contribution is 2.27. The summed E-state index contributed by atoms with van der Waals surface area (Å²) in [5, 5.41) is 2.66. The van der Waals surface area contributed by atoms with E-state index in [0.29, 0.717) is 6.42 Å². The topological polar surface area (TPSA) is 73.5 Å². The van der Waals surface area contributed by atoms with Gasteiger partial charge in [0.25, 0.3) is 0 Å². The molecule has 8 heteroatoms. The van der Waals surface area contributed by atoms with Gasteiger partial charge in [0.15, 0.2) is 0 Å². The molecule has 1 saturated heterocycles. The third-order valence-corrected chi connectivity index (χ3v) is 5.98. The van der Waals surface area contributed by atoms with E-state index in [2.05, 4.69) is 31.2 Å². The van der Waals surface area contributed by atoms with Gasteiger partial charge in [0.05, 0.1) is 18.2 Å². The van der Waals surface area contributed by atoms with E-state index >= 15 is 0 Å². The zero-order chi connectivity index (χ0) is 19.6. The van der Waals surface area contributed by atoms with E-state index in [0.717, 1.165) is 42.8 Å². The number of hydrogen-bond acceptors (Lipinski definition) is 6. The van der Waals surface area contributed by atoms with Crippen LogP contribution in [0.1, 0.15) is 18.4 Å². The van der Waals surface area contributed by atoms with Crippen LogP contribution in [0, 0.1) is 0 Å². The van der Waals surface area contributed by atoms with Crippen molar-refractivity contribution in [3.63, 3.8) is 0 Å². The molecule has 1 heterocycles. The summed E-state index contributed by atoms with van der Waals surface area (Å²) in [6.07, 6.45) is 3.76. The number of rotatable bonds is 9. The minimum Gasteiger partial charge on any atom is -0.328 e. The quantitative estimate of drug-likeness (QED) is 0.426. The zero-order valence-corrected chi connectivity index (χ0v) is 17.1. The normalized spacial score (nSPS) is 15.0. The van der Waals surface area contributed by atoms with Crippen molar-refractivity contribution in [3.8, 4) is 0 Å². The van der Waals surface area contributed by atoms with Gasteiger partial charge in [-0.25, -0.2) is 9.10 Å². The van der Waals surface area contributed by atoms with Crippen LogP contribution >= 0.6 is 24.1 Å². The molecule has 0 aliphatic carbocycles. The molecule has 0 radical (unpaired) electrons. The molecule has 1 fully saturated rings. The molecule has 148 valence electrons. The van der Waals surface area contributed by atoms with Crippen LogP contribution < -0.4 is 14.8 Å². The lowest BCUT2D eigenvalue weighted by Crippen LogP contribution is -2.42.